The number of aryl methyl sites for hydroxylation is 4. The van der Waals surface area contributed by atoms with Crippen molar-refractivity contribution >= 4 is 17.4 Å². The summed E-state index contributed by atoms with van der Waals surface area (Å²) in [5.41, 5.74) is 4.69. The number of nitrogens with zero attached hydrogens (tertiary/aromatic N) is 4. The van der Waals surface area contributed by atoms with Gasteiger partial charge in [0.1, 0.15) is 0 Å². The fourth-order valence-corrected chi connectivity index (χ4v) is 3.02. The zero-order chi connectivity index (χ0) is 18.7. The SMILES string of the molecule is CCCc1nc2nc(C)c(CC(=O)Nc3ccc(CC)cc3)c(C)n2n1. The van der Waals surface area contributed by atoms with Crippen LogP contribution in [-0.4, -0.2) is 25.5 Å². The lowest BCUT2D eigenvalue weighted by molar-refractivity contribution is -0.115. The Labute approximate surface area is 153 Å². The maximum atomic E-state index is 12.5. The highest BCUT2D eigenvalue weighted by Crippen LogP contribution is 2.16. The lowest BCUT2D eigenvalue weighted by Crippen LogP contribution is -2.17. The Balaban J connectivity index is 1.81. The van der Waals surface area contributed by atoms with Crippen LogP contribution in [0, 0.1) is 13.8 Å². The van der Waals surface area contributed by atoms with Crippen LogP contribution in [0.25, 0.3) is 5.78 Å². The van der Waals surface area contributed by atoms with Crippen LogP contribution in [-0.2, 0) is 24.1 Å². The quantitative estimate of drug-likeness (QED) is 0.738. The predicted octanol–water partition coefficient (Wildman–Crippen LogP) is 3.44. The van der Waals surface area contributed by atoms with Crippen molar-refractivity contribution < 1.29 is 4.79 Å². The molecule has 6 heteroatoms. The second-order valence-corrected chi connectivity index (χ2v) is 6.53. The number of carbonyl (C=O) groups excluding carboxylic acids is 1. The van der Waals surface area contributed by atoms with Crippen LogP contribution in [0.15, 0.2) is 24.3 Å². The Hall–Kier alpha value is -2.76. The van der Waals surface area contributed by atoms with Crippen molar-refractivity contribution in [1.82, 2.24) is 19.6 Å². The molecule has 0 saturated carbocycles. The van der Waals surface area contributed by atoms with E-state index in [0.717, 1.165) is 47.7 Å². The van der Waals surface area contributed by atoms with E-state index in [-0.39, 0.29) is 12.3 Å². The summed E-state index contributed by atoms with van der Waals surface area (Å²) in [5, 5.41) is 7.48. The Bertz CT molecular complexity index is 928. The molecule has 0 fully saturated rings. The molecule has 6 nitrogen and oxygen atoms in total. The van der Waals surface area contributed by atoms with E-state index in [4.69, 9.17) is 0 Å². The molecule has 0 aliphatic heterocycles. The van der Waals surface area contributed by atoms with Gasteiger partial charge < -0.3 is 5.32 Å². The predicted molar refractivity (Wildman–Crippen MR) is 102 cm³/mol. The molecule has 3 rings (SSSR count). The highest BCUT2D eigenvalue weighted by atomic mass is 16.1. The number of nitrogens with one attached hydrogen (secondary N) is 1. The third-order valence-corrected chi connectivity index (χ3v) is 4.55. The van der Waals surface area contributed by atoms with Crippen LogP contribution in [0.3, 0.4) is 0 Å². The number of amides is 1. The lowest BCUT2D eigenvalue weighted by atomic mass is 10.1. The van der Waals surface area contributed by atoms with Crippen LogP contribution in [0.5, 0.6) is 0 Å². The summed E-state index contributed by atoms with van der Waals surface area (Å²) in [5.74, 6) is 1.33. The summed E-state index contributed by atoms with van der Waals surface area (Å²) in [6, 6.07) is 7.94. The van der Waals surface area contributed by atoms with Gasteiger partial charge in [-0.1, -0.05) is 26.0 Å². The first kappa shape index (κ1) is 18.0. The van der Waals surface area contributed by atoms with Gasteiger partial charge in [-0.15, -0.1) is 5.10 Å². The van der Waals surface area contributed by atoms with Crippen LogP contribution in [0.1, 0.15) is 48.6 Å². The first-order chi connectivity index (χ1) is 12.5. The maximum Gasteiger partial charge on any atom is 0.252 e. The smallest absolute Gasteiger partial charge is 0.252 e. The maximum absolute atomic E-state index is 12.5. The standard InChI is InChI=1S/C20H25N5O/c1-5-7-18-23-20-21-13(3)17(14(4)25(20)24-18)12-19(26)22-16-10-8-15(6-2)9-11-16/h8-11H,5-7,12H2,1-4H3,(H,22,26). The van der Waals surface area contributed by atoms with Gasteiger partial charge >= 0.3 is 0 Å². The molecule has 0 aliphatic rings. The van der Waals surface area contributed by atoms with E-state index < -0.39 is 0 Å². The van der Waals surface area contributed by atoms with Gasteiger partial charge in [0.25, 0.3) is 5.78 Å². The number of benzene rings is 1. The van der Waals surface area contributed by atoms with E-state index in [1.807, 2.05) is 38.1 Å². The Morgan fingerprint density at radius 3 is 2.50 bits per heavy atom. The largest absolute Gasteiger partial charge is 0.326 e. The van der Waals surface area contributed by atoms with Crippen molar-refractivity contribution in [3.8, 4) is 0 Å². The van der Waals surface area contributed by atoms with E-state index in [2.05, 4.69) is 34.2 Å². The van der Waals surface area contributed by atoms with Gasteiger partial charge in [-0.05, 0) is 44.4 Å². The number of carbonyl (C=O) groups is 1. The molecular formula is C20H25N5O. The molecule has 0 bridgehead atoms. The van der Waals surface area contributed by atoms with Crippen LogP contribution >= 0.6 is 0 Å². The molecule has 0 spiro atoms. The van der Waals surface area contributed by atoms with Gasteiger partial charge in [0.2, 0.25) is 5.91 Å². The first-order valence-electron chi connectivity index (χ1n) is 9.12. The number of hydrogen-bond donors (Lipinski definition) is 1. The molecule has 0 radical (unpaired) electrons. The van der Waals surface area contributed by atoms with E-state index in [1.165, 1.54) is 5.56 Å². The van der Waals surface area contributed by atoms with Crippen molar-refractivity contribution in [1.29, 1.82) is 0 Å². The second kappa shape index (κ2) is 7.64. The third-order valence-electron chi connectivity index (χ3n) is 4.55. The fourth-order valence-electron chi connectivity index (χ4n) is 3.02. The van der Waals surface area contributed by atoms with E-state index in [9.17, 15) is 4.79 Å². The van der Waals surface area contributed by atoms with E-state index in [1.54, 1.807) is 4.52 Å². The van der Waals surface area contributed by atoms with Gasteiger partial charge in [-0.25, -0.2) is 9.50 Å². The highest BCUT2D eigenvalue weighted by Gasteiger charge is 2.16. The topological polar surface area (TPSA) is 72.2 Å². The van der Waals surface area contributed by atoms with Crippen molar-refractivity contribution in [3.63, 3.8) is 0 Å². The molecule has 1 N–H and O–H groups in total. The van der Waals surface area contributed by atoms with Crippen molar-refractivity contribution in [3.05, 3.63) is 52.6 Å². The minimum Gasteiger partial charge on any atom is -0.326 e. The minimum atomic E-state index is -0.0597. The molecule has 0 unspecified atom stereocenters. The van der Waals surface area contributed by atoms with Crippen LogP contribution in [0.2, 0.25) is 0 Å². The van der Waals surface area contributed by atoms with Crippen molar-refractivity contribution in [2.75, 3.05) is 5.32 Å². The number of hydrogen-bond acceptors (Lipinski definition) is 4. The second-order valence-electron chi connectivity index (χ2n) is 6.53. The fraction of sp³-hybridized carbons (Fsp3) is 0.400. The monoisotopic (exact) mass is 351 g/mol. The number of anilines is 1. The first-order valence-corrected chi connectivity index (χ1v) is 9.12. The van der Waals surface area contributed by atoms with Gasteiger partial charge in [0.05, 0.1) is 6.42 Å². The molecule has 1 amide bonds. The molecule has 0 aliphatic carbocycles. The normalized spacial score (nSPS) is 11.1. The zero-order valence-corrected chi connectivity index (χ0v) is 15.8. The Morgan fingerprint density at radius 1 is 1.12 bits per heavy atom. The third kappa shape index (κ3) is 3.74. The molecule has 26 heavy (non-hydrogen) atoms. The van der Waals surface area contributed by atoms with Gasteiger partial charge in [-0.2, -0.15) is 4.98 Å². The molecule has 0 atom stereocenters. The average Bonchev–Trinajstić information content (AvgIpc) is 3.02. The van der Waals surface area contributed by atoms with Crippen LogP contribution in [0.4, 0.5) is 5.69 Å². The van der Waals surface area contributed by atoms with Crippen molar-refractivity contribution in [2.24, 2.45) is 0 Å². The zero-order valence-electron chi connectivity index (χ0n) is 15.8. The number of fused-ring (bicyclic) bond motifs is 1. The Morgan fingerprint density at radius 2 is 1.85 bits per heavy atom. The summed E-state index contributed by atoms with van der Waals surface area (Å²) in [6.45, 7) is 8.09. The van der Waals surface area contributed by atoms with Gasteiger partial charge in [-0.3, -0.25) is 4.79 Å². The average molecular weight is 351 g/mol. The molecule has 0 saturated heterocycles. The van der Waals surface area contributed by atoms with Crippen molar-refractivity contribution in [2.45, 2.75) is 53.4 Å². The van der Waals surface area contributed by atoms with Gasteiger partial charge in [0.15, 0.2) is 5.82 Å². The lowest BCUT2D eigenvalue weighted by Gasteiger charge is -2.11. The van der Waals surface area contributed by atoms with E-state index >= 15 is 0 Å². The minimum absolute atomic E-state index is 0.0597. The van der Waals surface area contributed by atoms with Crippen LogP contribution < -0.4 is 5.32 Å². The highest BCUT2D eigenvalue weighted by molar-refractivity contribution is 5.92. The molecule has 136 valence electrons. The molecule has 3 aromatic rings. The molecule has 1 aromatic carbocycles. The summed E-state index contributed by atoms with van der Waals surface area (Å²) >= 11 is 0. The number of rotatable bonds is 6. The van der Waals surface area contributed by atoms with E-state index in [0.29, 0.717) is 5.78 Å². The summed E-state index contributed by atoms with van der Waals surface area (Å²) in [4.78, 5) is 21.5. The summed E-state index contributed by atoms with van der Waals surface area (Å²) < 4.78 is 1.75. The molecule has 2 aromatic heterocycles. The molecule has 2 heterocycles. The summed E-state index contributed by atoms with van der Waals surface area (Å²) in [6.07, 6.45) is 3.06. The summed E-state index contributed by atoms with van der Waals surface area (Å²) in [7, 11) is 0. The molecular weight excluding hydrogens is 326 g/mol. The number of aromatic nitrogens is 4. The Kier molecular flexibility index (Phi) is 5.30. The van der Waals surface area contributed by atoms with Gasteiger partial charge in [0, 0.05) is 29.1 Å².